The zero-order valence-electron chi connectivity index (χ0n) is 18.1. The summed E-state index contributed by atoms with van der Waals surface area (Å²) in [7, 11) is 0. The maximum absolute atomic E-state index is 12.9. The fraction of sp³-hybridized carbons (Fsp3) is 0.308. The number of anilines is 1. The van der Waals surface area contributed by atoms with E-state index >= 15 is 0 Å². The minimum absolute atomic E-state index is 0.124. The highest BCUT2D eigenvalue weighted by Gasteiger charge is 2.30. The average molecular weight is 454 g/mol. The number of ether oxygens (including phenoxy) is 1. The van der Waals surface area contributed by atoms with Gasteiger partial charge in [0, 0.05) is 37.0 Å². The predicted octanol–water partition coefficient (Wildman–Crippen LogP) is 6.06. The van der Waals surface area contributed by atoms with Crippen LogP contribution in [0.3, 0.4) is 0 Å². The summed E-state index contributed by atoms with van der Waals surface area (Å²) in [5.41, 5.74) is 9.23. The molecule has 1 aliphatic heterocycles. The van der Waals surface area contributed by atoms with Crippen LogP contribution in [0.4, 0.5) is 19.0 Å². The van der Waals surface area contributed by atoms with E-state index in [9.17, 15) is 18.0 Å². The molecule has 2 heterocycles. The van der Waals surface area contributed by atoms with Crippen LogP contribution >= 0.6 is 0 Å². The van der Waals surface area contributed by atoms with Gasteiger partial charge in [-0.05, 0) is 54.0 Å². The van der Waals surface area contributed by atoms with E-state index < -0.39 is 11.7 Å². The summed E-state index contributed by atoms with van der Waals surface area (Å²) in [6.45, 7) is 1.48. The third-order valence-electron chi connectivity index (χ3n) is 6.05. The second kappa shape index (κ2) is 9.75. The molecule has 0 saturated carbocycles. The van der Waals surface area contributed by atoms with Crippen molar-refractivity contribution in [2.75, 3.05) is 18.9 Å². The minimum Gasteiger partial charge on any atom is -0.383 e. The Hall–Kier alpha value is -3.19. The van der Waals surface area contributed by atoms with Crippen molar-refractivity contribution >= 4 is 11.6 Å². The van der Waals surface area contributed by atoms with Gasteiger partial charge in [0.2, 0.25) is 0 Å². The molecular weight excluding hydrogens is 429 g/mol. The highest BCUT2D eigenvalue weighted by Crippen LogP contribution is 2.33. The number of rotatable bonds is 6. The van der Waals surface area contributed by atoms with Crippen molar-refractivity contribution in [2.45, 2.75) is 37.8 Å². The van der Waals surface area contributed by atoms with Crippen LogP contribution in [0, 0.1) is 0 Å². The molecule has 33 heavy (non-hydrogen) atoms. The molecule has 0 unspecified atom stereocenters. The number of carbonyl (C=O) groups excluding carboxylic acids is 1. The number of benzene rings is 2. The molecule has 4 nitrogen and oxygen atoms in total. The smallest absolute Gasteiger partial charge is 0.383 e. The number of pyridine rings is 1. The highest BCUT2D eigenvalue weighted by atomic mass is 19.4. The third-order valence-corrected chi connectivity index (χ3v) is 6.05. The van der Waals surface area contributed by atoms with Crippen molar-refractivity contribution in [3.8, 4) is 11.1 Å². The van der Waals surface area contributed by atoms with Crippen molar-refractivity contribution in [1.82, 2.24) is 4.98 Å². The topological polar surface area (TPSA) is 65.2 Å². The van der Waals surface area contributed by atoms with Gasteiger partial charge in [-0.25, -0.2) is 4.98 Å². The first-order chi connectivity index (χ1) is 15.8. The monoisotopic (exact) mass is 454 g/mol. The lowest BCUT2D eigenvalue weighted by atomic mass is 9.91. The molecular formula is C26H25F3N2O2. The quantitative estimate of drug-likeness (QED) is 0.460. The molecule has 0 aliphatic carbocycles. The van der Waals surface area contributed by atoms with E-state index in [1.165, 1.54) is 6.07 Å². The van der Waals surface area contributed by atoms with Gasteiger partial charge in [-0.15, -0.1) is 0 Å². The SMILES string of the molecule is Nc1ncc(C2CCOCC2)cc1-c1ccc(C(=O)CCc2cccc(C(F)(F)F)c2)cc1. The zero-order valence-corrected chi connectivity index (χ0v) is 18.1. The van der Waals surface area contributed by atoms with Gasteiger partial charge >= 0.3 is 6.18 Å². The fourth-order valence-electron chi connectivity index (χ4n) is 4.12. The largest absolute Gasteiger partial charge is 0.416 e. The lowest BCUT2D eigenvalue weighted by Gasteiger charge is -2.22. The fourth-order valence-corrected chi connectivity index (χ4v) is 4.12. The van der Waals surface area contributed by atoms with Crippen LogP contribution in [0.1, 0.15) is 52.2 Å². The summed E-state index contributed by atoms with van der Waals surface area (Å²) in [5.74, 6) is 0.692. The molecule has 1 aliphatic rings. The number of nitrogen functional groups attached to an aromatic ring is 1. The number of carbonyl (C=O) groups is 1. The van der Waals surface area contributed by atoms with Gasteiger partial charge in [0.25, 0.3) is 0 Å². The zero-order chi connectivity index (χ0) is 23.4. The summed E-state index contributed by atoms with van der Waals surface area (Å²) in [6, 6.07) is 14.3. The Bertz CT molecular complexity index is 1120. The molecule has 1 fully saturated rings. The first-order valence-corrected chi connectivity index (χ1v) is 10.9. The van der Waals surface area contributed by atoms with Crippen molar-refractivity contribution in [3.05, 3.63) is 83.0 Å². The van der Waals surface area contributed by atoms with Gasteiger partial charge < -0.3 is 10.5 Å². The number of halogens is 3. The number of nitrogens with two attached hydrogens (primary N) is 1. The molecule has 0 spiro atoms. The summed E-state index contributed by atoms with van der Waals surface area (Å²) in [6.07, 6.45) is -0.304. The first-order valence-electron chi connectivity index (χ1n) is 10.9. The van der Waals surface area contributed by atoms with E-state index in [0.29, 0.717) is 22.9 Å². The second-order valence-electron chi connectivity index (χ2n) is 8.29. The Morgan fingerprint density at radius 2 is 1.79 bits per heavy atom. The van der Waals surface area contributed by atoms with E-state index in [2.05, 4.69) is 11.1 Å². The minimum atomic E-state index is -4.39. The highest BCUT2D eigenvalue weighted by molar-refractivity contribution is 5.96. The number of aromatic nitrogens is 1. The number of hydrogen-bond donors (Lipinski definition) is 1. The van der Waals surface area contributed by atoms with Crippen molar-refractivity contribution in [3.63, 3.8) is 0 Å². The lowest BCUT2D eigenvalue weighted by molar-refractivity contribution is -0.137. The molecule has 4 rings (SSSR count). The molecule has 0 atom stereocenters. The van der Waals surface area contributed by atoms with E-state index in [1.807, 2.05) is 18.3 Å². The molecule has 3 aromatic rings. The van der Waals surface area contributed by atoms with Crippen LogP contribution in [0.2, 0.25) is 0 Å². The molecule has 1 aromatic heterocycles. The number of Topliss-reactive ketones (excluding diaryl/α,β-unsaturated/α-hetero) is 1. The van der Waals surface area contributed by atoms with E-state index in [1.54, 1.807) is 18.2 Å². The predicted molar refractivity (Wildman–Crippen MR) is 121 cm³/mol. The summed E-state index contributed by atoms with van der Waals surface area (Å²) >= 11 is 0. The van der Waals surface area contributed by atoms with Crippen molar-refractivity contribution < 1.29 is 22.7 Å². The van der Waals surface area contributed by atoms with Crippen LogP contribution in [0.5, 0.6) is 0 Å². The summed E-state index contributed by atoms with van der Waals surface area (Å²) in [4.78, 5) is 17.0. The Morgan fingerprint density at radius 3 is 2.48 bits per heavy atom. The van der Waals surface area contributed by atoms with E-state index in [0.717, 1.165) is 54.9 Å². The number of aryl methyl sites for hydroxylation is 1. The van der Waals surface area contributed by atoms with E-state index in [4.69, 9.17) is 10.5 Å². The second-order valence-corrected chi connectivity index (χ2v) is 8.29. The van der Waals surface area contributed by atoms with Gasteiger partial charge in [0.1, 0.15) is 5.82 Å². The van der Waals surface area contributed by atoms with Gasteiger partial charge in [0.05, 0.1) is 5.56 Å². The van der Waals surface area contributed by atoms with Gasteiger partial charge in [-0.3, -0.25) is 4.79 Å². The summed E-state index contributed by atoms with van der Waals surface area (Å²) in [5, 5.41) is 0. The molecule has 2 aromatic carbocycles. The molecule has 2 N–H and O–H groups in total. The molecule has 172 valence electrons. The van der Waals surface area contributed by atoms with Crippen LogP contribution in [-0.4, -0.2) is 24.0 Å². The lowest BCUT2D eigenvalue weighted by Crippen LogP contribution is -2.14. The number of alkyl halides is 3. The van der Waals surface area contributed by atoms with Gasteiger partial charge in [-0.2, -0.15) is 13.2 Å². The van der Waals surface area contributed by atoms with Crippen LogP contribution in [0.15, 0.2) is 60.8 Å². The Labute approximate surface area is 190 Å². The molecule has 7 heteroatoms. The molecule has 0 amide bonds. The summed E-state index contributed by atoms with van der Waals surface area (Å²) < 4.78 is 44.1. The van der Waals surface area contributed by atoms with Gasteiger partial charge in [0.15, 0.2) is 5.78 Å². The normalized spacial score (nSPS) is 14.9. The first kappa shape index (κ1) is 23.0. The number of nitrogens with zero attached hydrogens (tertiary/aromatic N) is 1. The molecule has 0 radical (unpaired) electrons. The van der Waals surface area contributed by atoms with Crippen LogP contribution in [-0.2, 0) is 17.3 Å². The van der Waals surface area contributed by atoms with Gasteiger partial charge in [-0.1, -0.05) is 42.5 Å². The standard InChI is InChI=1S/C26H25F3N2O2/c27-26(28,29)22-3-1-2-17(14-22)4-9-24(32)20-7-5-19(6-8-20)23-15-21(16-31-25(23)30)18-10-12-33-13-11-18/h1-3,5-8,14-16,18H,4,9-13H2,(H2,30,31). The van der Waals surface area contributed by atoms with E-state index in [-0.39, 0.29) is 18.6 Å². The van der Waals surface area contributed by atoms with Crippen molar-refractivity contribution in [1.29, 1.82) is 0 Å². The molecule has 1 saturated heterocycles. The Balaban J connectivity index is 1.44. The molecule has 0 bridgehead atoms. The third kappa shape index (κ3) is 5.60. The Kier molecular flexibility index (Phi) is 6.79. The maximum atomic E-state index is 12.9. The number of hydrogen-bond acceptors (Lipinski definition) is 4. The van der Waals surface area contributed by atoms with Crippen molar-refractivity contribution in [2.24, 2.45) is 0 Å². The van der Waals surface area contributed by atoms with Crippen LogP contribution < -0.4 is 5.73 Å². The van der Waals surface area contributed by atoms with Crippen LogP contribution in [0.25, 0.3) is 11.1 Å². The average Bonchev–Trinajstić information content (AvgIpc) is 2.83. The number of ketones is 1. The Morgan fingerprint density at radius 1 is 1.06 bits per heavy atom. The maximum Gasteiger partial charge on any atom is 0.416 e.